The van der Waals surface area contributed by atoms with Crippen LogP contribution in [-0.2, 0) is 9.53 Å². The number of esters is 1. The Morgan fingerprint density at radius 1 is 1.23 bits per heavy atom. The number of aliphatic imine (C=N–C) groups is 1. The van der Waals surface area contributed by atoms with E-state index in [0.717, 1.165) is 41.3 Å². The van der Waals surface area contributed by atoms with Gasteiger partial charge >= 0.3 is 5.97 Å². The second-order valence-electron chi connectivity index (χ2n) is 7.99. The van der Waals surface area contributed by atoms with Crippen molar-refractivity contribution >= 4 is 23.3 Å². The van der Waals surface area contributed by atoms with Gasteiger partial charge in [-0.2, -0.15) is 0 Å². The summed E-state index contributed by atoms with van der Waals surface area (Å²) >= 11 is 6.42. The van der Waals surface area contributed by atoms with Gasteiger partial charge < -0.3 is 4.74 Å². The molecule has 1 unspecified atom stereocenters. The molecule has 2 aliphatic rings. The Kier molecular flexibility index (Phi) is 5.32. The molecule has 3 aromatic rings. The number of imidazole rings is 1. The minimum Gasteiger partial charge on any atom is -0.469 e. The average molecular weight is 435 g/mol. The van der Waals surface area contributed by atoms with Gasteiger partial charge in [-0.1, -0.05) is 24.1 Å². The molecule has 0 spiro atoms. The average Bonchev–Trinajstić information content (AvgIpc) is 3.11. The lowest BCUT2D eigenvalue weighted by molar-refractivity contribution is -0.140. The summed E-state index contributed by atoms with van der Waals surface area (Å²) in [7, 11) is 1.41. The number of aromatic nitrogens is 3. The van der Waals surface area contributed by atoms with Gasteiger partial charge in [0.2, 0.25) is 0 Å². The van der Waals surface area contributed by atoms with Crippen LogP contribution in [0, 0.1) is 0 Å². The molecule has 5 rings (SSSR count). The van der Waals surface area contributed by atoms with Crippen molar-refractivity contribution < 1.29 is 9.53 Å². The summed E-state index contributed by atoms with van der Waals surface area (Å²) in [5, 5.41) is 0.641. The summed E-state index contributed by atoms with van der Waals surface area (Å²) in [4.78, 5) is 26.4. The maximum absolute atomic E-state index is 11.9. The van der Waals surface area contributed by atoms with Gasteiger partial charge in [0.05, 0.1) is 24.2 Å². The molecule has 0 N–H and O–H groups in total. The van der Waals surface area contributed by atoms with Gasteiger partial charge in [0, 0.05) is 41.0 Å². The van der Waals surface area contributed by atoms with E-state index in [-0.39, 0.29) is 18.4 Å². The molecule has 158 valence electrons. The first-order valence-electron chi connectivity index (χ1n) is 10.6. The van der Waals surface area contributed by atoms with E-state index >= 15 is 0 Å². The van der Waals surface area contributed by atoms with Crippen LogP contribution in [0.25, 0.3) is 5.69 Å². The SMILES string of the molecule is COC(=O)CCC1N=C(c2ccccn2)c2cc(Cl)ccc2-n2c(C3CCC3)cnc21. The highest BCUT2D eigenvalue weighted by atomic mass is 35.5. The third-order valence-electron chi connectivity index (χ3n) is 6.13. The highest BCUT2D eigenvalue weighted by Gasteiger charge is 2.32. The fraction of sp³-hybridized carbons (Fsp3) is 0.333. The predicted octanol–water partition coefficient (Wildman–Crippen LogP) is 5.03. The van der Waals surface area contributed by atoms with E-state index in [0.29, 0.717) is 17.4 Å². The highest BCUT2D eigenvalue weighted by molar-refractivity contribution is 6.31. The van der Waals surface area contributed by atoms with Crippen LogP contribution in [-0.4, -0.2) is 33.3 Å². The number of halogens is 1. The number of carbonyl (C=O) groups is 1. The second kappa shape index (κ2) is 8.27. The number of hydrogen-bond acceptors (Lipinski definition) is 5. The van der Waals surface area contributed by atoms with Crippen molar-refractivity contribution in [3.8, 4) is 5.69 Å². The number of benzene rings is 1. The molecule has 1 aliphatic carbocycles. The molecule has 3 heterocycles. The van der Waals surface area contributed by atoms with Crippen LogP contribution in [0.2, 0.25) is 5.02 Å². The molecule has 0 bridgehead atoms. The summed E-state index contributed by atoms with van der Waals surface area (Å²) in [6, 6.07) is 11.4. The molecule has 1 atom stereocenters. The number of pyridine rings is 1. The standard InChI is InChI=1S/C24H23ClN4O2/c1-31-22(30)11-9-19-24-27-14-21(15-5-4-6-15)29(24)20-10-8-16(25)13-17(20)23(28-19)18-7-2-3-12-26-18/h2-3,7-8,10,12-15,19H,4-6,9,11H2,1H3. The van der Waals surface area contributed by atoms with Crippen LogP contribution in [0.15, 0.2) is 53.8 Å². The normalized spacial score (nSPS) is 17.7. The molecule has 0 radical (unpaired) electrons. The van der Waals surface area contributed by atoms with E-state index in [2.05, 4.69) is 9.55 Å². The first-order valence-corrected chi connectivity index (χ1v) is 11.0. The van der Waals surface area contributed by atoms with Crippen molar-refractivity contribution in [1.29, 1.82) is 0 Å². The van der Waals surface area contributed by atoms with Crippen LogP contribution in [0.3, 0.4) is 0 Å². The molecule has 1 aliphatic heterocycles. The van der Waals surface area contributed by atoms with E-state index < -0.39 is 0 Å². The number of nitrogens with zero attached hydrogens (tertiary/aromatic N) is 4. The van der Waals surface area contributed by atoms with Crippen LogP contribution in [0.1, 0.15) is 66.8 Å². The lowest BCUT2D eigenvalue weighted by atomic mass is 9.83. The van der Waals surface area contributed by atoms with Crippen LogP contribution in [0.5, 0.6) is 0 Å². The zero-order valence-electron chi connectivity index (χ0n) is 17.3. The quantitative estimate of drug-likeness (QED) is 0.528. The molecule has 0 amide bonds. The maximum Gasteiger partial charge on any atom is 0.305 e. The number of rotatable bonds is 5. The largest absolute Gasteiger partial charge is 0.469 e. The first-order chi connectivity index (χ1) is 15.2. The Balaban J connectivity index is 1.71. The number of ether oxygens (including phenoxy) is 1. The fourth-order valence-corrected chi connectivity index (χ4v) is 4.47. The smallest absolute Gasteiger partial charge is 0.305 e. The van der Waals surface area contributed by atoms with Crippen LogP contribution in [0.4, 0.5) is 0 Å². The zero-order chi connectivity index (χ0) is 21.4. The Morgan fingerprint density at radius 3 is 2.81 bits per heavy atom. The molecule has 1 aromatic carbocycles. The van der Waals surface area contributed by atoms with Crippen molar-refractivity contribution in [3.63, 3.8) is 0 Å². The number of fused-ring (bicyclic) bond motifs is 3. The maximum atomic E-state index is 11.9. The zero-order valence-corrected chi connectivity index (χ0v) is 18.0. The van der Waals surface area contributed by atoms with E-state index in [1.54, 1.807) is 6.20 Å². The third-order valence-corrected chi connectivity index (χ3v) is 6.37. The number of carbonyl (C=O) groups excluding carboxylic acids is 1. The molecule has 1 saturated carbocycles. The van der Waals surface area contributed by atoms with Gasteiger partial charge in [-0.15, -0.1) is 0 Å². The summed E-state index contributed by atoms with van der Waals surface area (Å²) < 4.78 is 7.11. The van der Waals surface area contributed by atoms with Crippen molar-refractivity contribution in [2.45, 2.75) is 44.1 Å². The molecule has 0 saturated heterocycles. The van der Waals surface area contributed by atoms with Crippen molar-refractivity contribution in [1.82, 2.24) is 14.5 Å². The molecule has 31 heavy (non-hydrogen) atoms. The monoisotopic (exact) mass is 434 g/mol. The molecule has 2 aromatic heterocycles. The van der Waals surface area contributed by atoms with Crippen LogP contribution < -0.4 is 0 Å². The van der Waals surface area contributed by atoms with Gasteiger partial charge in [-0.05, 0) is 49.6 Å². The highest BCUT2D eigenvalue weighted by Crippen LogP contribution is 2.41. The molecular weight excluding hydrogens is 412 g/mol. The van der Waals surface area contributed by atoms with E-state index in [1.165, 1.54) is 19.2 Å². The van der Waals surface area contributed by atoms with E-state index in [1.807, 2.05) is 42.6 Å². The minimum atomic E-state index is -0.295. The van der Waals surface area contributed by atoms with Gasteiger partial charge in [0.15, 0.2) is 0 Å². The first kappa shape index (κ1) is 19.9. The molecular formula is C24H23ClN4O2. The van der Waals surface area contributed by atoms with Gasteiger partial charge in [0.25, 0.3) is 0 Å². The third kappa shape index (κ3) is 3.65. The lowest BCUT2D eigenvalue weighted by Crippen LogP contribution is -2.16. The number of hydrogen-bond donors (Lipinski definition) is 0. The Labute approximate surface area is 186 Å². The Bertz CT molecular complexity index is 1150. The van der Waals surface area contributed by atoms with E-state index in [4.69, 9.17) is 26.3 Å². The molecule has 7 heteroatoms. The summed E-state index contributed by atoms with van der Waals surface area (Å²) in [6.45, 7) is 0. The lowest BCUT2D eigenvalue weighted by Gasteiger charge is -2.27. The van der Waals surface area contributed by atoms with E-state index in [9.17, 15) is 4.79 Å². The number of methoxy groups -OCH3 is 1. The summed E-state index contributed by atoms with van der Waals surface area (Å²) in [6.07, 6.45) is 8.07. The molecule has 1 fully saturated rings. The van der Waals surface area contributed by atoms with Gasteiger partial charge in [-0.25, -0.2) is 4.98 Å². The van der Waals surface area contributed by atoms with Crippen molar-refractivity contribution in [2.75, 3.05) is 7.11 Å². The second-order valence-corrected chi connectivity index (χ2v) is 8.43. The summed E-state index contributed by atoms with van der Waals surface area (Å²) in [5.74, 6) is 1.08. The Morgan fingerprint density at radius 2 is 2.10 bits per heavy atom. The molecule has 6 nitrogen and oxygen atoms in total. The van der Waals surface area contributed by atoms with Crippen LogP contribution >= 0.6 is 11.6 Å². The van der Waals surface area contributed by atoms with Crippen molar-refractivity contribution in [2.24, 2.45) is 4.99 Å². The Hall–Kier alpha value is -2.99. The van der Waals surface area contributed by atoms with Gasteiger partial charge in [0.1, 0.15) is 11.9 Å². The van der Waals surface area contributed by atoms with Crippen molar-refractivity contribution in [3.05, 3.63) is 76.6 Å². The van der Waals surface area contributed by atoms with Gasteiger partial charge in [-0.3, -0.25) is 19.3 Å². The topological polar surface area (TPSA) is 69.4 Å². The fourth-order valence-electron chi connectivity index (χ4n) is 4.30. The summed E-state index contributed by atoms with van der Waals surface area (Å²) in [5.41, 5.74) is 4.66. The minimum absolute atomic E-state index is 0.253. The predicted molar refractivity (Wildman–Crippen MR) is 119 cm³/mol.